The average Bonchev–Trinajstić information content (AvgIpc) is 3.27. The van der Waals surface area contributed by atoms with Gasteiger partial charge in [-0.25, -0.2) is 4.39 Å². The highest BCUT2D eigenvalue weighted by Crippen LogP contribution is 2.21. The van der Waals surface area contributed by atoms with Gasteiger partial charge in [-0.05, 0) is 32.0 Å². The number of fused-ring (bicyclic) bond motifs is 1. The zero-order valence-electron chi connectivity index (χ0n) is 18.8. The SMILES string of the molecule is COCCOc1cnc2ccn(C(C)C(=N)n3cc(-c4cc(C)no4)cc(F)c3=N)c(=O)c2c1. The number of ether oxygens (including phenoxy) is 2. The summed E-state index contributed by atoms with van der Waals surface area (Å²) >= 11 is 0. The Kier molecular flexibility index (Phi) is 6.37. The lowest BCUT2D eigenvalue weighted by Gasteiger charge is -2.19. The van der Waals surface area contributed by atoms with Gasteiger partial charge in [0.15, 0.2) is 17.1 Å². The first-order chi connectivity index (χ1) is 16.3. The minimum Gasteiger partial charge on any atom is -0.490 e. The first kappa shape index (κ1) is 23.1. The molecular weight excluding hydrogens is 443 g/mol. The molecule has 176 valence electrons. The van der Waals surface area contributed by atoms with Crippen molar-refractivity contribution in [1.29, 1.82) is 10.8 Å². The summed E-state index contributed by atoms with van der Waals surface area (Å²) in [6, 6.07) is 5.19. The van der Waals surface area contributed by atoms with E-state index in [1.54, 1.807) is 39.2 Å². The molecule has 0 aliphatic heterocycles. The molecule has 0 bridgehead atoms. The van der Waals surface area contributed by atoms with Gasteiger partial charge in [-0.15, -0.1) is 0 Å². The average molecular weight is 466 g/mol. The highest BCUT2D eigenvalue weighted by molar-refractivity contribution is 5.86. The third-order valence-corrected chi connectivity index (χ3v) is 5.31. The molecule has 0 spiro atoms. The second kappa shape index (κ2) is 9.40. The molecule has 0 aliphatic carbocycles. The fraction of sp³-hybridized carbons (Fsp3) is 0.261. The van der Waals surface area contributed by atoms with Crippen LogP contribution in [0.15, 0.2) is 52.2 Å². The lowest BCUT2D eigenvalue weighted by Crippen LogP contribution is -2.36. The monoisotopic (exact) mass is 466 g/mol. The summed E-state index contributed by atoms with van der Waals surface area (Å²) in [5, 5.41) is 20.9. The van der Waals surface area contributed by atoms with E-state index in [2.05, 4.69) is 10.1 Å². The normalized spacial score (nSPS) is 12.1. The van der Waals surface area contributed by atoms with Crippen molar-refractivity contribution in [3.8, 4) is 17.1 Å². The number of hydrogen-bond acceptors (Lipinski definition) is 8. The highest BCUT2D eigenvalue weighted by atomic mass is 19.1. The summed E-state index contributed by atoms with van der Waals surface area (Å²) in [6.45, 7) is 4.05. The lowest BCUT2D eigenvalue weighted by atomic mass is 10.2. The largest absolute Gasteiger partial charge is 0.490 e. The molecule has 0 radical (unpaired) electrons. The highest BCUT2D eigenvalue weighted by Gasteiger charge is 2.19. The maximum atomic E-state index is 14.6. The van der Waals surface area contributed by atoms with Crippen molar-refractivity contribution in [1.82, 2.24) is 19.3 Å². The molecule has 11 heteroatoms. The van der Waals surface area contributed by atoms with E-state index in [1.807, 2.05) is 0 Å². The molecule has 0 saturated heterocycles. The second-order valence-corrected chi connectivity index (χ2v) is 7.66. The Hall–Kier alpha value is -4.12. The van der Waals surface area contributed by atoms with Crippen LogP contribution in [0.5, 0.6) is 5.75 Å². The minimum absolute atomic E-state index is 0.177. The van der Waals surface area contributed by atoms with Crippen molar-refractivity contribution in [3.63, 3.8) is 0 Å². The van der Waals surface area contributed by atoms with E-state index in [1.165, 1.54) is 23.2 Å². The Morgan fingerprint density at radius 2 is 2.09 bits per heavy atom. The van der Waals surface area contributed by atoms with Gasteiger partial charge in [-0.1, -0.05) is 5.16 Å². The Bertz CT molecular complexity index is 1490. The van der Waals surface area contributed by atoms with Crippen molar-refractivity contribution < 1.29 is 18.4 Å². The van der Waals surface area contributed by atoms with Crippen LogP contribution >= 0.6 is 0 Å². The van der Waals surface area contributed by atoms with Gasteiger partial charge in [0.25, 0.3) is 5.56 Å². The molecule has 0 amide bonds. The molecule has 10 nitrogen and oxygen atoms in total. The van der Waals surface area contributed by atoms with Crippen LogP contribution in [-0.2, 0) is 4.74 Å². The summed E-state index contributed by atoms with van der Waals surface area (Å²) in [7, 11) is 1.56. The smallest absolute Gasteiger partial charge is 0.260 e. The van der Waals surface area contributed by atoms with Crippen molar-refractivity contribution >= 4 is 16.7 Å². The van der Waals surface area contributed by atoms with Crippen molar-refractivity contribution in [2.24, 2.45) is 0 Å². The maximum Gasteiger partial charge on any atom is 0.260 e. The zero-order chi connectivity index (χ0) is 24.4. The van der Waals surface area contributed by atoms with E-state index in [4.69, 9.17) is 24.8 Å². The van der Waals surface area contributed by atoms with Crippen molar-refractivity contribution in [2.45, 2.75) is 19.9 Å². The number of aromatic nitrogens is 4. The molecule has 2 N–H and O–H groups in total. The van der Waals surface area contributed by atoms with E-state index in [0.29, 0.717) is 46.9 Å². The predicted octanol–water partition coefficient (Wildman–Crippen LogP) is 2.89. The van der Waals surface area contributed by atoms with Crippen LogP contribution in [0.3, 0.4) is 0 Å². The fourth-order valence-corrected chi connectivity index (χ4v) is 3.46. The number of pyridine rings is 3. The van der Waals surface area contributed by atoms with Crippen molar-refractivity contribution in [3.05, 3.63) is 70.2 Å². The number of nitrogens with zero attached hydrogens (tertiary/aromatic N) is 4. The van der Waals surface area contributed by atoms with Gasteiger partial charge in [0, 0.05) is 31.1 Å². The molecule has 0 aromatic carbocycles. The first-order valence-electron chi connectivity index (χ1n) is 10.4. The standard InChI is InChI=1S/C23H23FN6O4/c1-13-8-20(34-28-13)15-9-18(24)22(26)30(12-15)21(25)14(2)29-5-4-19-17(23(29)31)10-16(11-27-19)33-7-6-32-3/h4-5,8-12,14,25-26H,6-7H2,1-3H3. The van der Waals surface area contributed by atoms with Gasteiger partial charge in [0.1, 0.15) is 18.2 Å². The van der Waals surface area contributed by atoms with Gasteiger partial charge in [0.05, 0.1) is 35.4 Å². The number of halogens is 1. The second-order valence-electron chi connectivity index (χ2n) is 7.66. The van der Waals surface area contributed by atoms with Crippen LogP contribution in [0.4, 0.5) is 4.39 Å². The van der Waals surface area contributed by atoms with Crippen LogP contribution in [0.1, 0.15) is 18.7 Å². The summed E-state index contributed by atoms with van der Waals surface area (Å²) in [5.74, 6) is -0.289. The molecule has 0 saturated carbocycles. The van der Waals surface area contributed by atoms with E-state index >= 15 is 0 Å². The molecule has 4 rings (SSSR count). The lowest BCUT2D eigenvalue weighted by molar-refractivity contribution is 0.146. The van der Waals surface area contributed by atoms with Gasteiger partial charge in [0.2, 0.25) is 0 Å². The molecule has 4 heterocycles. The van der Waals surface area contributed by atoms with Crippen molar-refractivity contribution in [2.75, 3.05) is 20.3 Å². The predicted molar refractivity (Wildman–Crippen MR) is 122 cm³/mol. The Balaban J connectivity index is 1.72. The third kappa shape index (κ3) is 4.37. The topological polar surface area (TPSA) is 132 Å². The molecule has 34 heavy (non-hydrogen) atoms. The summed E-state index contributed by atoms with van der Waals surface area (Å²) in [5.41, 5.74) is 0.498. The Morgan fingerprint density at radius 1 is 1.29 bits per heavy atom. The van der Waals surface area contributed by atoms with E-state index < -0.39 is 22.9 Å². The van der Waals surface area contributed by atoms with Crippen LogP contribution in [0.25, 0.3) is 22.2 Å². The fourth-order valence-electron chi connectivity index (χ4n) is 3.46. The molecule has 4 aromatic rings. The van der Waals surface area contributed by atoms with E-state index in [0.717, 1.165) is 10.6 Å². The molecule has 4 aromatic heterocycles. The molecule has 1 unspecified atom stereocenters. The number of rotatable bonds is 7. The summed E-state index contributed by atoms with van der Waals surface area (Å²) in [4.78, 5) is 17.5. The quantitative estimate of drug-likeness (QED) is 0.245. The molecule has 0 fully saturated rings. The summed E-state index contributed by atoms with van der Waals surface area (Å²) < 4.78 is 32.7. The zero-order valence-corrected chi connectivity index (χ0v) is 18.8. The molecular formula is C23H23FN6O4. The summed E-state index contributed by atoms with van der Waals surface area (Å²) in [6.07, 6.45) is 4.46. The van der Waals surface area contributed by atoms with E-state index in [-0.39, 0.29) is 5.84 Å². The van der Waals surface area contributed by atoms with Crippen LogP contribution in [-0.4, -0.2) is 45.4 Å². The third-order valence-electron chi connectivity index (χ3n) is 5.31. The number of hydrogen-bond donors (Lipinski definition) is 2. The first-order valence-corrected chi connectivity index (χ1v) is 10.4. The molecule has 0 aliphatic rings. The molecule has 1 atom stereocenters. The van der Waals surface area contributed by atoms with Gasteiger partial charge >= 0.3 is 0 Å². The minimum atomic E-state index is -0.837. The van der Waals surface area contributed by atoms with Crippen LogP contribution in [0, 0.1) is 23.6 Å². The number of nitrogens with one attached hydrogen (secondary N) is 2. The van der Waals surface area contributed by atoms with Gasteiger partial charge in [-0.3, -0.25) is 25.2 Å². The number of aryl methyl sites for hydroxylation is 1. The Labute approximate surface area is 193 Å². The van der Waals surface area contributed by atoms with Crippen LogP contribution in [0.2, 0.25) is 0 Å². The van der Waals surface area contributed by atoms with Gasteiger partial charge < -0.3 is 18.6 Å². The Morgan fingerprint density at radius 3 is 2.79 bits per heavy atom. The maximum absolute atomic E-state index is 14.6. The number of methoxy groups -OCH3 is 1. The van der Waals surface area contributed by atoms with Gasteiger partial charge in [-0.2, -0.15) is 0 Å². The van der Waals surface area contributed by atoms with Crippen LogP contribution < -0.4 is 15.8 Å². The van der Waals surface area contributed by atoms with E-state index in [9.17, 15) is 9.18 Å².